The van der Waals surface area contributed by atoms with Gasteiger partial charge in [-0.3, -0.25) is 0 Å². The summed E-state index contributed by atoms with van der Waals surface area (Å²) < 4.78 is 5.24. The van der Waals surface area contributed by atoms with Crippen LogP contribution >= 0.6 is 0 Å². The number of piperidine rings is 1. The number of nitrogens with one attached hydrogen (secondary N) is 2. The summed E-state index contributed by atoms with van der Waals surface area (Å²) in [6.07, 6.45) is 2.03. The minimum atomic E-state index is -0.440. The number of carbonyl (C=O) groups is 1. The fourth-order valence-corrected chi connectivity index (χ4v) is 2.36. The zero-order valence-electron chi connectivity index (χ0n) is 13.7. The largest absolute Gasteiger partial charge is 0.444 e. The van der Waals surface area contributed by atoms with Crippen LogP contribution in [0.3, 0.4) is 0 Å². The molecule has 1 saturated heterocycles. The Labute approximate surface area is 123 Å². The molecule has 1 heterocycles. The minimum Gasteiger partial charge on any atom is -0.444 e. The van der Waals surface area contributed by atoms with Gasteiger partial charge in [-0.05, 0) is 60.2 Å². The number of amides is 1. The van der Waals surface area contributed by atoms with E-state index in [9.17, 15) is 4.79 Å². The highest BCUT2D eigenvalue weighted by Crippen LogP contribution is 2.10. The Balaban J connectivity index is 2.17. The highest BCUT2D eigenvalue weighted by molar-refractivity contribution is 5.68. The van der Waals surface area contributed by atoms with Crippen molar-refractivity contribution in [2.75, 3.05) is 26.2 Å². The summed E-state index contributed by atoms with van der Waals surface area (Å²) in [6, 6.07) is 0.648. The number of nitrogens with zero attached hydrogens (tertiary/aromatic N) is 1. The average Bonchev–Trinajstić information content (AvgIpc) is 2.34. The molecule has 118 valence electrons. The summed E-state index contributed by atoms with van der Waals surface area (Å²) >= 11 is 0. The lowest BCUT2D eigenvalue weighted by atomic mass is 10.0. The normalized spacial score (nSPS) is 19.6. The summed E-state index contributed by atoms with van der Waals surface area (Å²) in [5, 5.41) is 6.40. The van der Waals surface area contributed by atoms with Crippen LogP contribution in [0.4, 0.5) is 4.79 Å². The smallest absolute Gasteiger partial charge is 0.407 e. The summed E-state index contributed by atoms with van der Waals surface area (Å²) in [5.74, 6) is 0. The van der Waals surface area contributed by atoms with Gasteiger partial charge in [-0.25, -0.2) is 4.79 Å². The van der Waals surface area contributed by atoms with Crippen molar-refractivity contribution in [1.29, 1.82) is 0 Å². The zero-order chi connectivity index (χ0) is 15.2. The van der Waals surface area contributed by atoms with E-state index in [1.54, 1.807) is 0 Å². The van der Waals surface area contributed by atoms with Crippen LogP contribution in [-0.4, -0.2) is 54.9 Å². The predicted octanol–water partition coefficient (Wildman–Crippen LogP) is 1.97. The van der Waals surface area contributed by atoms with Crippen molar-refractivity contribution in [3.8, 4) is 0 Å². The standard InChI is InChI=1S/C15H31N3O2/c1-6-18-9-7-13(8-10-18)16-11-12(2)17-14(19)20-15(3,4)5/h12-13,16H,6-11H2,1-5H3,(H,17,19). The second-order valence-electron chi connectivity index (χ2n) is 6.66. The van der Waals surface area contributed by atoms with E-state index in [0.29, 0.717) is 6.04 Å². The van der Waals surface area contributed by atoms with Gasteiger partial charge in [-0.2, -0.15) is 0 Å². The van der Waals surface area contributed by atoms with Crippen molar-refractivity contribution in [2.24, 2.45) is 0 Å². The van der Waals surface area contributed by atoms with E-state index < -0.39 is 5.60 Å². The number of rotatable bonds is 5. The van der Waals surface area contributed by atoms with Gasteiger partial charge < -0.3 is 20.3 Å². The van der Waals surface area contributed by atoms with Gasteiger partial charge >= 0.3 is 6.09 Å². The van der Waals surface area contributed by atoms with E-state index in [1.807, 2.05) is 27.7 Å². The van der Waals surface area contributed by atoms with Gasteiger partial charge in [0, 0.05) is 18.6 Å². The Bertz CT molecular complexity index is 294. The van der Waals surface area contributed by atoms with E-state index in [0.717, 1.165) is 13.1 Å². The lowest BCUT2D eigenvalue weighted by molar-refractivity contribution is 0.0507. The molecule has 0 aromatic rings. The zero-order valence-corrected chi connectivity index (χ0v) is 13.7. The van der Waals surface area contributed by atoms with E-state index in [2.05, 4.69) is 22.5 Å². The first-order valence-corrected chi connectivity index (χ1v) is 7.75. The molecule has 0 aromatic heterocycles. The Morgan fingerprint density at radius 1 is 1.35 bits per heavy atom. The Morgan fingerprint density at radius 2 is 1.95 bits per heavy atom. The summed E-state index contributed by atoms with van der Waals surface area (Å²) in [7, 11) is 0. The molecule has 2 N–H and O–H groups in total. The molecule has 0 spiro atoms. The molecule has 0 saturated carbocycles. The lowest BCUT2D eigenvalue weighted by Gasteiger charge is -2.32. The van der Waals surface area contributed by atoms with Gasteiger partial charge in [-0.15, -0.1) is 0 Å². The molecule has 0 aliphatic carbocycles. The fourth-order valence-electron chi connectivity index (χ4n) is 2.36. The van der Waals surface area contributed by atoms with Crippen molar-refractivity contribution < 1.29 is 9.53 Å². The van der Waals surface area contributed by atoms with Gasteiger partial charge in [0.1, 0.15) is 5.60 Å². The van der Waals surface area contributed by atoms with Crippen molar-refractivity contribution in [2.45, 2.75) is 65.1 Å². The number of ether oxygens (including phenoxy) is 1. The van der Waals surface area contributed by atoms with Crippen LogP contribution in [0, 0.1) is 0 Å². The second-order valence-corrected chi connectivity index (χ2v) is 6.66. The molecular formula is C15H31N3O2. The molecule has 1 unspecified atom stereocenters. The summed E-state index contributed by atoms with van der Waals surface area (Å²) in [6.45, 7) is 14.1. The van der Waals surface area contributed by atoms with E-state index >= 15 is 0 Å². The van der Waals surface area contributed by atoms with Crippen molar-refractivity contribution in [3.05, 3.63) is 0 Å². The monoisotopic (exact) mass is 285 g/mol. The van der Waals surface area contributed by atoms with Gasteiger partial charge in [0.25, 0.3) is 0 Å². The minimum absolute atomic E-state index is 0.0778. The molecule has 0 aromatic carbocycles. The predicted molar refractivity (Wildman–Crippen MR) is 82.0 cm³/mol. The summed E-state index contributed by atoms with van der Waals surface area (Å²) in [4.78, 5) is 14.1. The van der Waals surface area contributed by atoms with Crippen molar-refractivity contribution in [3.63, 3.8) is 0 Å². The SMILES string of the molecule is CCN1CCC(NCC(C)NC(=O)OC(C)(C)C)CC1. The molecule has 1 atom stereocenters. The molecule has 1 rings (SSSR count). The summed E-state index contributed by atoms with van der Waals surface area (Å²) in [5.41, 5.74) is -0.440. The Hall–Kier alpha value is -0.810. The average molecular weight is 285 g/mol. The first-order valence-electron chi connectivity index (χ1n) is 7.75. The maximum Gasteiger partial charge on any atom is 0.407 e. The quantitative estimate of drug-likeness (QED) is 0.811. The van der Waals surface area contributed by atoms with Crippen molar-refractivity contribution >= 4 is 6.09 Å². The molecule has 1 aliphatic heterocycles. The molecule has 0 radical (unpaired) electrons. The third-order valence-electron chi connectivity index (χ3n) is 3.51. The van der Waals surface area contributed by atoms with Gasteiger partial charge in [-0.1, -0.05) is 6.92 Å². The van der Waals surface area contributed by atoms with Crippen LogP contribution < -0.4 is 10.6 Å². The number of likely N-dealkylation sites (tertiary alicyclic amines) is 1. The number of alkyl carbamates (subject to hydrolysis) is 1. The molecule has 0 bridgehead atoms. The molecule has 1 aliphatic rings. The lowest BCUT2D eigenvalue weighted by Crippen LogP contribution is -2.48. The molecule has 1 fully saturated rings. The second kappa shape index (κ2) is 7.84. The van der Waals surface area contributed by atoms with Crippen LogP contribution in [0.1, 0.15) is 47.5 Å². The van der Waals surface area contributed by atoms with Crippen molar-refractivity contribution in [1.82, 2.24) is 15.5 Å². The maximum atomic E-state index is 11.6. The van der Waals surface area contributed by atoms with Crippen LogP contribution in [0.15, 0.2) is 0 Å². The number of hydrogen-bond acceptors (Lipinski definition) is 4. The number of carbonyl (C=O) groups excluding carboxylic acids is 1. The highest BCUT2D eigenvalue weighted by Gasteiger charge is 2.20. The Kier molecular flexibility index (Phi) is 6.76. The molecule has 20 heavy (non-hydrogen) atoms. The molecular weight excluding hydrogens is 254 g/mol. The first-order chi connectivity index (χ1) is 9.30. The van der Waals surface area contributed by atoms with E-state index in [-0.39, 0.29) is 12.1 Å². The van der Waals surface area contributed by atoms with Gasteiger partial charge in [0.15, 0.2) is 0 Å². The van der Waals surface area contributed by atoms with E-state index in [1.165, 1.54) is 25.9 Å². The molecule has 1 amide bonds. The van der Waals surface area contributed by atoms with E-state index in [4.69, 9.17) is 4.74 Å². The van der Waals surface area contributed by atoms with Crippen LogP contribution in [0.2, 0.25) is 0 Å². The third-order valence-corrected chi connectivity index (χ3v) is 3.51. The maximum absolute atomic E-state index is 11.6. The molecule has 5 heteroatoms. The third kappa shape index (κ3) is 7.10. The van der Waals surface area contributed by atoms with Gasteiger partial charge in [0.05, 0.1) is 0 Å². The first kappa shape index (κ1) is 17.2. The van der Waals surface area contributed by atoms with Crippen LogP contribution in [0.5, 0.6) is 0 Å². The molecule has 5 nitrogen and oxygen atoms in total. The topological polar surface area (TPSA) is 53.6 Å². The van der Waals surface area contributed by atoms with Crippen LogP contribution in [-0.2, 0) is 4.74 Å². The number of hydrogen-bond donors (Lipinski definition) is 2. The van der Waals surface area contributed by atoms with Crippen LogP contribution in [0.25, 0.3) is 0 Å². The highest BCUT2D eigenvalue weighted by atomic mass is 16.6. The fraction of sp³-hybridized carbons (Fsp3) is 0.933. The Morgan fingerprint density at radius 3 is 2.45 bits per heavy atom. The van der Waals surface area contributed by atoms with Gasteiger partial charge in [0.2, 0.25) is 0 Å².